The number of nitrogens with one attached hydrogen (secondary N) is 1. The number of amides is 1. The fourth-order valence-corrected chi connectivity index (χ4v) is 3.55. The number of aromatic nitrogens is 3. The Labute approximate surface area is 189 Å². The number of phenols is 1. The van der Waals surface area contributed by atoms with Crippen molar-refractivity contribution in [3.05, 3.63) is 89.5 Å². The molecule has 162 valence electrons. The standard InChI is InChI=1S/C25H20N6O2/c1-15-9-11-17(12-10-15)28-25(33)21-22-24(30-20-8-3-2-7-19(20)29-22)31(23(21)26)27-14-16-5-4-6-18(32)13-16/h2-14,32H,26H2,1H3,(H,28,33)/b27-14-. The second-order valence-corrected chi connectivity index (χ2v) is 7.62. The Balaban J connectivity index is 1.66. The topological polar surface area (TPSA) is 118 Å². The molecule has 0 saturated carbocycles. The summed E-state index contributed by atoms with van der Waals surface area (Å²) in [6.45, 7) is 1.97. The zero-order chi connectivity index (χ0) is 22.9. The highest BCUT2D eigenvalue weighted by Gasteiger charge is 2.24. The number of nitrogens with two attached hydrogens (primary N) is 1. The minimum Gasteiger partial charge on any atom is -0.508 e. The van der Waals surface area contributed by atoms with Crippen molar-refractivity contribution in [2.45, 2.75) is 6.92 Å². The molecular weight excluding hydrogens is 416 g/mol. The SMILES string of the molecule is Cc1ccc(NC(=O)c2c(N)n(/N=C\c3cccc(O)c3)c3nc4ccccc4nc23)cc1. The number of nitrogens with zero attached hydrogens (tertiary/aromatic N) is 4. The van der Waals surface area contributed by atoms with E-state index < -0.39 is 5.91 Å². The van der Waals surface area contributed by atoms with Crippen LogP contribution in [-0.4, -0.2) is 31.9 Å². The molecule has 33 heavy (non-hydrogen) atoms. The normalized spacial score (nSPS) is 11.4. The minimum atomic E-state index is -0.405. The molecule has 5 rings (SSSR count). The van der Waals surface area contributed by atoms with Gasteiger partial charge in [-0.1, -0.05) is 42.0 Å². The van der Waals surface area contributed by atoms with Crippen LogP contribution in [0, 0.1) is 6.92 Å². The highest BCUT2D eigenvalue weighted by Crippen LogP contribution is 2.28. The van der Waals surface area contributed by atoms with Gasteiger partial charge in [-0.2, -0.15) is 9.78 Å². The fourth-order valence-electron chi connectivity index (χ4n) is 3.55. The molecule has 2 heterocycles. The monoisotopic (exact) mass is 436 g/mol. The molecule has 0 aliphatic heterocycles. The van der Waals surface area contributed by atoms with E-state index in [0.717, 1.165) is 5.56 Å². The van der Waals surface area contributed by atoms with Gasteiger partial charge in [-0.3, -0.25) is 4.79 Å². The van der Waals surface area contributed by atoms with E-state index in [0.29, 0.717) is 33.4 Å². The van der Waals surface area contributed by atoms with Crippen molar-refractivity contribution in [1.29, 1.82) is 0 Å². The van der Waals surface area contributed by atoms with Gasteiger partial charge in [0.2, 0.25) is 0 Å². The molecule has 2 aromatic heterocycles. The van der Waals surface area contributed by atoms with Crippen molar-refractivity contribution in [2.24, 2.45) is 5.10 Å². The van der Waals surface area contributed by atoms with Gasteiger partial charge in [-0.15, -0.1) is 0 Å². The summed E-state index contributed by atoms with van der Waals surface area (Å²) in [6, 6.07) is 21.5. The Morgan fingerprint density at radius 1 is 1.03 bits per heavy atom. The fraction of sp³-hybridized carbons (Fsp3) is 0.0400. The Kier molecular flexibility index (Phi) is 4.95. The van der Waals surface area contributed by atoms with Crippen molar-refractivity contribution in [2.75, 3.05) is 11.1 Å². The number of benzene rings is 3. The lowest BCUT2D eigenvalue weighted by atomic mass is 10.2. The summed E-state index contributed by atoms with van der Waals surface area (Å²) in [6.07, 6.45) is 1.54. The van der Waals surface area contributed by atoms with Crippen LogP contribution in [0.2, 0.25) is 0 Å². The van der Waals surface area contributed by atoms with Crippen molar-refractivity contribution in [3.8, 4) is 5.75 Å². The summed E-state index contributed by atoms with van der Waals surface area (Å²) in [4.78, 5) is 22.6. The molecule has 0 unspecified atom stereocenters. The molecule has 3 aromatic carbocycles. The largest absolute Gasteiger partial charge is 0.508 e. The van der Waals surface area contributed by atoms with Crippen LogP contribution in [0.3, 0.4) is 0 Å². The van der Waals surface area contributed by atoms with E-state index in [4.69, 9.17) is 5.73 Å². The molecule has 0 spiro atoms. The van der Waals surface area contributed by atoms with Crippen LogP contribution in [-0.2, 0) is 0 Å². The maximum Gasteiger partial charge on any atom is 0.261 e. The van der Waals surface area contributed by atoms with Gasteiger partial charge < -0.3 is 16.2 Å². The molecule has 0 aliphatic carbocycles. The quantitative estimate of drug-likeness (QED) is 0.363. The number of para-hydroxylation sites is 2. The lowest BCUT2D eigenvalue weighted by molar-refractivity contribution is 0.102. The zero-order valence-corrected chi connectivity index (χ0v) is 17.7. The predicted octanol–water partition coefficient (Wildman–Crippen LogP) is 4.32. The Morgan fingerprint density at radius 2 is 1.76 bits per heavy atom. The number of aryl methyl sites for hydroxylation is 1. The first-order chi connectivity index (χ1) is 16.0. The van der Waals surface area contributed by atoms with Gasteiger partial charge in [0.05, 0.1) is 17.2 Å². The number of carbonyl (C=O) groups excluding carboxylic acids is 1. The van der Waals surface area contributed by atoms with Crippen LogP contribution in [0.1, 0.15) is 21.5 Å². The van der Waals surface area contributed by atoms with Gasteiger partial charge in [0.25, 0.3) is 5.91 Å². The number of fused-ring (bicyclic) bond motifs is 2. The summed E-state index contributed by atoms with van der Waals surface area (Å²) in [5.41, 5.74) is 11.0. The first-order valence-electron chi connectivity index (χ1n) is 10.3. The molecule has 4 N–H and O–H groups in total. The number of aromatic hydroxyl groups is 1. The number of phenolic OH excluding ortho intramolecular Hbond substituents is 1. The second-order valence-electron chi connectivity index (χ2n) is 7.62. The van der Waals surface area contributed by atoms with Gasteiger partial charge in [0, 0.05) is 5.69 Å². The smallest absolute Gasteiger partial charge is 0.261 e. The number of hydrogen-bond acceptors (Lipinski definition) is 6. The lowest BCUT2D eigenvalue weighted by Gasteiger charge is -2.06. The highest BCUT2D eigenvalue weighted by atomic mass is 16.3. The lowest BCUT2D eigenvalue weighted by Crippen LogP contribution is -2.14. The van der Waals surface area contributed by atoms with Crippen molar-refractivity contribution in [1.82, 2.24) is 14.6 Å². The number of carbonyl (C=O) groups is 1. The molecule has 0 fully saturated rings. The second kappa shape index (κ2) is 8.08. The van der Waals surface area contributed by atoms with Gasteiger partial charge in [-0.25, -0.2) is 9.97 Å². The molecule has 0 radical (unpaired) electrons. The third kappa shape index (κ3) is 3.85. The van der Waals surface area contributed by atoms with Gasteiger partial charge >= 0.3 is 0 Å². The maximum atomic E-state index is 13.2. The summed E-state index contributed by atoms with van der Waals surface area (Å²) < 4.78 is 1.39. The van der Waals surface area contributed by atoms with E-state index in [9.17, 15) is 9.90 Å². The minimum absolute atomic E-state index is 0.112. The molecular formula is C25H20N6O2. The molecule has 0 bridgehead atoms. The van der Waals surface area contributed by atoms with Crippen LogP contribution < -0.4 is 11.1 Å². The van der Waals surface area contributed by atoms with Crippen LogP contribution in [0.25, 0.3) is 22.2 Å². The van der Waals surface area contributed by atoms with Crippen LogP contribution >= 0.6 is 0 Å². The molecule has 5 aromatic rings. The van der Waals surface area contributed by atoms with E-state index in [-0.39, 0.29) is 17.1 Å². The van der Waals surface area contributed by atoms with Crippen molar-refractivity contribution < 1.29 is 9.90 Å². The summed E-state index contributed by atoms with van der Waals surface area (Å²) in [7, 11) is 0. The van der Waals surface area contributed by atoms with Gasteiger partial charge in [0.15, 0.2) is 5.65 Å². The molecule has 0 saturated heterocycles. The molecule has 0 atom stereocenters. The first kappa shape index (κ1) is 20.2. The number of hydrogen-bond donors (Lipinski definition) is 3. The number of anilines is 2. The van der Waals surface area contributed by atoms with E-state index in [1.54, 1.807) is 24.3 Å². The predicted molar refractivity (Wildman–Crippen MR) is 130 cm³/mol. The molecule has 8 heteroatoms. The molecule has 0 aliphatic rings. The average Bonchev–Trinajstić information content (AvgIpc) is 3.08. The first-order valence-corrected chi connectivity index (χ1v) is 10.3. The van der Waals surface area contributed by atoms with E-state index in [2.05, 4.69) is 20.4 Å². The Morgan fingerprint density at radius 3 is 2.48 bits per heavy atom. The zero-order valence-electron chi connectivity index (χ0n) is 17.7. The Bertz CT molecular complexity index is 1540. The van der Waals surface area contributed by atoms with E-state index in [1.807, 2.05) is 55.5 Å². The van der Waals surface area contributed by atoms with Crippen molar-refractivity contribution in [3.63, 3.8) is 0 Å². The van der Waals surface area contributed by atoms with Crippen molar-refractivity contribution >= 4 is 45.8 Å². The molecule has 8 nitrogen and oxygen atoms in total. The summed E-state index contributed by atoms with van der Waals surface area (Å²) in [5.74, 6) is -0.174. The number of rotatable bonds is 4. The van der Waals surface area contributed by atoms with Gasteiger partial charge in [0.1, 0.15) is 22.6 Å². The third-order valence-electron chi connectivity index (χ3n) is 5.20. The average molecular weight is 436 g/mol. The summed E-state index contributed by atoms with van der Waals surface area (Å²) >= 11 is 0. The van der Waals surface area contributed by atoms with Crippen LogP contribution in [0.15, 0.2) is 77.9 Å². The summed E-state index contributed by atoms with van der Waals surface area (Å²) in [5, 5.41) is 17.0. The van der Waals surface area contributed by atoms with Crippen LogP contribution in [0.4, 0.5) is 11.5 Å². The van der Waals surface area contributed by atoms with E-state index >= 15 is 0 Å². The van der Waals surface area contributed by atoms with Gasteiger partial charge in [-0.05, 0) is 48.9 Å². The Hall–Kier alpha value is -4.72. The maximum absolute atomic E-state index is 13.2. The van der Waals surface area contributed by atoms with Crippen LogP contribution in [0.5, 0.6) is 5.75 Å². The third-order valence-corrected chi connectivity index (χ3v) is 5.20. The number of nitrogen functional groups attached to an aromatic ring is 1. The van der Waals surface area contributed by atoms with E-state index in [1.165, 1.54) is 10.9 Å². The highest BCUT2D eigenvalue weighted by molar-refractivity contribution is 6.16. The molecule has 1 amide bonds.